The molecule has 5 nitrogen and oxygen atoms in total. The Labute approximate surface area is 38.5 Å². The molecule has 0 saturated heterocycles. The molecule has 0 aromatic carbocycles. The van der Waals surface area contributed by atoms with E-state index in [2.05, 4.69) is 0 Å². The summed E-state index contributed by atoms with van der Waals surface area (Å²) in [5.74, 6) is -3.14. The summed E-state index contributed by atoms with van der Waals surface area (Å²) in [6.07, 6.45) is 0. The molecule has 0 aromatic rings. The van der Waals surface area contributed by atoms with Crippen molar-refractivity contribution in [3.05, 3.63) is 0 Å². The maximum Gasteiger partial charge on any atom is 0.396 e. The highest BCUT2D eigenvalue weighted by Gasteiger charge is 2.06. The minimum absolute atomic E-state index is 0.926. The highest BCUT2D eigenvalue weighted by molar-refractivity contribution is 6.31. The van der Waals surface area contributed by atoms with Crippen molar-refractivity contribution < 1.29 is 19.9 Å². The van der Waals surface area contributed by atoms with Gasteiger partial charge < -0.3 is 5.11 Å². The molecule has 0 rings (SSSR count). The van der Waals surface area contributed by atoms with Crippen LogP contribution < -0.4 is 5.48 Å². The van der Waals surface area contributed by atoms with Crippen molar-refractivity contribution >= 4 is 11.9 Å². The maximum absolute atomic E-state index is 9.55. The van der Waals surface area contributed by atoms with Crippen LogP contribution in [-0.2, 0) is 9.59 Å². The lowest BCUT2D eigenvalue weighted by Crippen LogP contribution is -2.27. The van der Waals surface area contributed by atoms with Crippen molar-refractivity contribution in [1.82, 2.24) is 5.48 Å². The number of carboxylic acid groups (broad SMARTS) is 1. The maximum atomic E-state index is 9.55. The Balaban J connectivity index is 3.58. The van der Waals surface area contributed by atoms with Crippen LogP contribution in [0.5, 0.6) is 0 Å². The van der Waals surface area contributed by atoms with Crippen LogP contribution in [0.15, 0.2) is 0 Å². The number of nitrogens with one attached hydrogen (secondary N) is 1. The van der Waals surface area contributed by atoms with Crippen LogP contribution in [0.2, 0.25) is 0 Å². The van der Waals surface area contributed by atoms with Gasteiger partial charge >= 0.3 is 11.9 Å². The summed E-state index contributed by atoms with van der Waals surface area (Å²) in [4.78, 5) is 18.9. The number of hydrogen-bond donors (Lipinski definition) is 3. The first kappa shape index (κ1) is 5.90. The molecular formula is C2H3NO4. The van der Waals surface area contributed by atoms with E-state index < -0.39 is 11.9 Å². The molecular weight excluding hydrogens is 102 g/mol. The molecule has 3 N–H and O–H groups in total. The second-order valence-electron chi connectivity index (χ2n) is 0.746. The van der Waals surface area contributed by atoms with E-state index in [4.69, 9.17) is 10.3 Å². The molecule has 40 valence electrons. The summed E-state index contributed by atoms with van der Waals surface area (Å²) in [7, 11) is 0. The number of aliphatic carboxylic acids is 1. The Morgan fingerprint density at radius 3 is 1.86 bits per heavy atom. The summed E-state index contributed by atoms with van der Waals surface area (Å²) in [6, 6.07) is 0. The van der Waals surface area contributed by atoms with Gasteiger partial charge in [0.1, 0.15) is 0 Å². The third-order valence-corrected chi connectivity index (χ3v) is 0.296. The zero-order valence-corrected chi connectivity index (χ0v) is 3.21. The minimum Gasteiger partial charge on any atom is -0.474 e. The quantitative estimate of drug-likeness (QED) is 0.200. The zero-order valence-electron chi connectivity index (χ0n) is 3.21. The Morgan fingerprint density at radius 1 is 1.43 bits per heavy atom. The molecule has 0 saturated carbocycles. The normalized spacial score (nSPS) is 7.57. The average Bonchev–Trinajstić information content (AvgIpc) is 1.65. The van der Waals surface area contributed by atoms with Crippen LogP contribution in [0.25, 0.3) is 0 Å². The fraction of sp³-hybridized carbons (Fsp3) is 0. The molecule has 0 aromatic heterocycles. The van der Waals surface area contributed by atoms with Gasteiger partial charge in [0.15, 0.2) is 0 Å². The number of hydroxylamine groups is 1. The lowest BCUT2D eigenvalue weighted by Gasteiger charge is -1.84. The van der Waals surface area contributed by atoms with Gasteiger partial charge in [-0.2, -0.15) is 0 Å². The van der Waals surface area contributed by atoms with Crippen LogP contribution >= 0.6 is 0 Å². The number of rotatable bonds is 0. The van der Waals surface area contributed by atoms with E-state index in [9.17, 15) is 9.59 Å². The van der Waals surface area contributed by atoms with Crippen LogP contribution in [0.1, 0.15) is 0 Å². The highest BCUT2D eigenvalue weighted by Crippen LogP contribution is 1.57. The predicted octanol–water partition coefficient (Wildman–Crippen LogP) is -1.42. The van der Waals surface area contributed by atoms with E-state index in [-0.39, 0.29) is 0 Å². The molecule has 0 aliphatic carbocycles. The molecule has 0 aliphatic rings. The second kappa shape index (κ2) is 2.14. The van der Waals surface area contributed by atoms with E-state index in [0.29, 0.717) is 0 Å². The van der Waals surface area contributed by atoms with Gasteiger partial charge in [-0.1, -0.05) is 0 Å². The van der Waals surface area contributed by atoms with Gasteiger partial charge in [-0.25, -0.2) is 10.3 Å². The highest BCUT2D eigenvalue weighted by atomic mass is 16.5. The Morgan fingerprint density at radius 2 is 1.86 bits per heavy atom. The van der Waals surface area contributed by atoms with Crippen LogP contribution in [0.4, 0.5) is 0 Å². The van der Waals surface area contributed by atoms with Gasteiger partial charge in [0.05, 0.1) is 0 Å². The van der Waals surface area contributed by atoms with E-state index in [1.807, 2.05) is 0 Å². The van der Waals surface area contributed by atoms with Crippen LogP contribution in [0, 0.1) is 0 Å². The molecule has 0 atom stereocenters. The second-order valence-corrected chi connectivity index (χ2v) is 0.746. The van der Waals surface area contributed by atoms with Gasteiger partial charge in [-0.3, -0.25) is 10.0 Å². The molecule has 0 radical (unpaired) electrons. The first-order valence-electron chi connectivity index (χ1n) is 1.36. The molecule has 0 unspecified atom stereocenters. The Hall–Kier alpha value is -1.10. The third kappa shape index (κ3) is 1.72. The fourth-order valence-corrected chi connectivity index (χ4v) is 0.0478. The summed E-state index contributed by atoms with van der Waals surface area (Å²) >= 11 is 0. The zero-order chi connectivity index (χ0) is 5.86. The predicted molar refractivity (Wildman–Crippen MR) is 17.6 cm³/mol. The SMILES string of the molecule is O=C(O)C(=O)NO. The summed E-state index contributed by atoms with van der Waals surface area (Å²) in [5, 5.41) is 15.1. The standard InChI is InChI=1S/C2H3NO4/c4-1(3-7)2(5)6/h7H,(H,3,4)(H,5,6). The molecule has 0 spiro atoms. The van der Waals surface area contributed by atoms with Crippen molar-refractivity contribution in [2.45, 2.75) is 0 Å². The van der Waals surface area contributed by atoms with Gasteiger partial charge in [-0.15, -0.1) is 0 Å². The number of carbonyl (C=O) groups excluding carboxylic acids is 1. The molecule has 0 fully saturated rings. The molecule has 0 aliphatic heterocycles. The van der Waals surface area contributed by atoms with Crippen molar-refractivity contribution in [3.63, 3.8) is 0 Å². The van der Waals surface area contributed by atoms with Gasteiger partial charge in [0, 0.05) is 0 Å². The third-order valence-electron chi connectivity index (χ3n) is 0.296. The lowest BCUT2D eigenvalue weighted by molar-refractivity contribution is -0.154. The Bertz CT molecular complexity index is 97.9. The monoisotopic (exact) mass is 105 g/mol. The fourth-order valence-electron chi connectivity index (χ4n) is 0.0478. The van der Waals surface area contributed by atoms with Crippen molar-refractivity contribution in [1.29, 1.82) is 0 Å². The van der Waals surface area contributed by atoms with E-state index in [1.54, 1.807) is 0 Å². The van der Waals surface area contributed by atoms with Gasteiger partial charge in [0.25, 0.3) is 0 Å². The number of carboxylic acids is 1. The molecule has 5 heteroatoms. The van der Waals surface area contributed by atoms with Crippen LogP contribution in [-0.4, -0.2) is 22.2 Å². The van der Waals surface area contributed by atoms with E-state index >= 15 is 0 Å². The first-order valence-corrected chi connectivity index (χ1v) is 1.36. The average molecular weight is 105 g/mol. The van der Waals surface area contributed by atoms with Crippen LogP contribution in [0.3, 0.4) is 0 Å². The van der Waals surface area contributed by atoms with Crippen molar-refractivity contribution in [3.8, 4) is 0 Å². The smallest absolute Gasteiger partial charge is 0.396 e. The first-order chi connectivity index (χ1) is 3.18. The topological polar surface area (TPSA) is 86.6 Å². The van der Waals surface area contributed by atoms with E-state index in [1.165, 1.54) is 0 Å². The molecule has 1 amide bonds. The lowest BCUT2D eigenvalue weighted by atomic mass is 10.7. The van der Waals surface area contributed by atoms with Gasteiger partial charge in [-0.05, 0) is 0 Å². The van der Waals surface area contributed by atoms with Crippen molar-refractivity contribution in [2.75, 3.05) is 0 Å². The van der Waals surface area contributed by atoms with E-state index in [0.717, 1.165) is 5.48 Å². The molecule has 0 bridgehead atoms. The number of amides is 1. The van der Waals surface area contributed by atoms with Gasteiger partial charge in [0.2, 0.25) is 0 Å². The number of carbonyl (C=O) groups is 2. The number of hydrogen-bond acceptors (Lipinski definition) is 3. The molecule has 0 heterocycles. The summed E-state index contributed by atoms with van der Waals surface area (Å²) < 4.78 is 0. The summed E-state index contributed by atoms with van der Waals surface area (Å²) in [5.41, 5.74) is 0.926. The summed E-state index contributed by atoms with van der Waals surface area (Å²) in [6.45, 7) is 0. The Kier molecular flexibility index (Phi) is 1.80. The van der Waals surface area contributed by atoms with Crippen molar-refractivity contribution in [2.24, 2.45) is 0 Å². The molecule has 7 heavy (non-hydrogen) atoms. The minimum atomic E-state index is -1.71. The largest absolute Gasteiger partial charge is 0.474 e.